The van der Waals surface area contributed by atoms with Crippen LogP contribution in [-0.4, -0.2) is 45.7 Å². The number of rotatable bonds is 5. The molecule has 0 saturated carbocycles. The van der Waals surface area contributed by atoms with Crippen LogP contribution in [0, 0.1) is 11.7 Å². The van der Waals surface area contributed by atoms with E-state index >= 15 is 0 Å². The molecule has 2 saturated heterocycles. The van der Waals surface area contributed by atoms with Crippen LogP contribution >= 0.6 is 0 Å². The van der Waals surface area contributed by atoms with E-state index in [0.29, 0.717) is 37.1 Å². The molecule has 2 fully saturated rings. The summed E-state index contributed by atoms with van der Waals surface area (Å²) in [5.41, 5.74) is 0.944. The van der Waals surface area contributed by atoms with Crippen molar-refractivity contribution in [1.82, 2.24) is 20.1 Å². The molecule has 176 valence electrons. The lowest BCUT2D eigenvalue weighted by atomic mass is 9.73. The normalized spacial score (nSPS) is 23.3. The van der Waals surface area contributed by atoms with Gasteiger partial charge in [-0.05, 0) is 61.8 Å². The van der Waals surface area contributed by atoms with Crippen molar-refractivity contribution in [3.8, 4) is 0 Å². The number of carbonyl (C=O) groups excluding carboxylic acids is 3. The number of carbonyl (C=O) groups is 3. The number of allylic oxidation sites excluding steroid dienone is 1. The molecule has 0 radical (unpaired) electrons. The van der Waals surface area contributed by atoms with Gasteiger partial charge in [0.25, 0.3) is 5.91 Å². The van der Waals surface area contributed by atoms with E-state index in [0.717, 1.165) is 24.8 Å². The van der Waals surface area contributed by atoms with Gasteiger partial charge in [-0.3, -0.25) is 19.5 Å². The van der Waals surface area contributed by atoms with Gasteiger partial charge >= 0.3 is 6.03 Å². The lowest BCUT2D eigenvalue weighted by Crippen LogP contribution is -2.54. The van der Waals surface area contributed by atoms with Crippen LogP contribution in [0.5, 0.6) is 0 Å². The van der Waals surface area contributed by atoms with Crippen molar-refractivity contribution in [2.75, 3.05) is 13.1 Å². The number of amides is 4. The van der Waals surface area contributed by atoms with Crippen LogP contribution in [0.4, 0.5) is 9.18 Å². The summed E-state index contributed by atoms with van der Waals surface area (Å²) < 4.78 is 13.3. The van der Waals surface area contributed by atoms with E-state index in [2.05, 4.69) is 10.3 Å². The lowest BCUT2D eigenvalue weighted by molar-refractivity contribution is -0.135. The Labute approximate surface area is 197 Å². The molecule has 3 aliphatic rings. The van der Waals surface area contributed by atoms with Crippen LogP contribution in [-0.2, 0) is 21.7 Å². The number of urea groups is 1. The molecule has 1 aromatic carbocycles. The zero-order chi connectivity index (χ0) is 23.7. The van der Waals surface area contributed by atoms with Gasteiger partial charge in [0.2, 0.25) is 5.91 Å². The lowest BCUT2D eigenvalue weighted by Gasteiger charge is -2.41. The fourth-order valence-electron chi connectivity index (χ4n) is 5.40. The Hall–Kier alpha value is -3.55. The molecule has 3 heterocycles. The summed E-state index contributed by atoms with van der Waals surface area (Å²) in [4.78, 5) is 47.1. The van der Waals surface area contributed by atoms with E-state index in [-0.39, 0.29) is 30.1 Å². The fourth-order valence-corrected chi connectivity index (χ4v) is 5.40. The number of likely N-dealkylation sites (tertiary alicyclic amines) is 1. The second kappa shape index (κ2) is 9.00. The smallest absolute Gasteiger partial charge is 0.325 e. The maximum Gasteiger partial charge on any atom is 0.325 e. The Bertz CT molecular complexity index is 1130. The summed E-state index contributed by atoms with van der Waals surface area (Å²) in [6, 6.07) is 8.86. The van der Waals surface area contributed by atoms with E-state index in [9.17, 15) is 18.8 Å². The highest BCUT2D eigenvalue weighted by molar-refractivity contribution is 6.07. The van der Waals surface area contributed by atoms with Gasteiger partial charge in [-0.2, -0.15) is 0 Å². The minimum atomic E-state index is -1.24. The Balaban J connectivity index is 1.40. The van der Waals surface area contributed by atoms with Crippen LogP contribution in [0.2, 0.25) is 0 Å². The first-order valence-corrected chi connectivity index (χ1v) is 11.8. The monoisotopic (exact) mass is 462 g/mol. The Morgan fingerprint density at radius 3 is 2.56 bits per heavy atom. The Morgan fingerprint density at radius 2 is 1.91 bits per heavy atom. The number of imide groups is 1. The van der Waals surface area contributed by atoms with Crippen molar-refractivity contribution >= 4 is 17.8 Å². The van der Waals surface area contributed by atoms with Crippen molar-refractivity contribution in [3.63, 3.8) is 0 Å². The van der Waals surface area contributed by atoms with E-state index in [1.54, 1.807) is 30.6 Å². The van der Waals surface area contributed by atoms with E-state index in [4.69, 9.17) is 0 Å². The predicted molar refractivity (Wildman–Crippen MR) is 123 cm³/mol. The topological polar surface area (TPSA) is 82.6 Å². The largest absolute Gasteiger partial charge is 0.339 e. The summed E-state index contributed by atoms with van der Waals surface area (Å²) in [5, 5.41) is 2.99. The standard InChI is InChI=1S/C26H27FN4O3/c27-22-9-7-18(8-10-22)17-31-24(33)26(29-25(31)34,21-6-3-13-28-16-21)20-11-14-30(15-12-20)23(32)19-4-1-2-5-19/h3-4,6-10,13,16,20H,1-2,5,11-12,14-15,17H2,(H,29,34)/t26-/m0/s1. The van der Waals surface area contributed by atoms with Crippen molar-refractivity contribution in [2.24, 2.45) is 5.92 Å². The molecule has 5 rings (SSSR count). The van der Waals surface area contributed by atoms with Crippen molar-refractivity contribution < 1.29 is 18.8 Å². The van der Waals surface area contributed by atoms with Gasteiger partial charge in [-0.15, -0.1) is 0 Å². The molecule has 1 aromatic heterocycles. The van der Waals surface area contributed by atoms with Gasteiger partial charge in [0.15, 0.2) is 5.54 Å². The molecule has 0 spiro atoms. The highest BCUT2D eigenvalue weighted by Crippen LogP contribution is 2.42. The van der Waals surface area contributed by atoms with Crippen molar-refractivity contribution in [2.45, 2.75) is 44.2 Å². The zero-order valence-corrected chi connectivity index (χ0v) is 18.9. The summed E-state index contributed by atoms with van der Waals surface area (Å²) in [5.74, 6) is -0.808. The minimum Gasteiger partial charge on any atom is -0.339 e. The second-order valence-corrected chi connectivity index (χ2v) is 9.19. The molecule has 8 heteroatoms. The SMILES string of the molecule is O=C(C1=CCCC1)N1CCC([C@@]2(c3cccnc3)NC(=O)N(Cc3ccc(F)cc3)C2=O)CC1. The zero-order valence-electron chi connectivity index (χ0n) is 18.9. The number of pyridine rings is 1. The van der Waals surface area contributed by atoms with Gasteiger partial charge in [0.1, 0.15) is 5.82 Å². The summed E-state index contributed by atoms with van der Waals surface area (Å²) >= 11 is 0. The molecule has 0 bridgehead atoms. The third-order valence-electron chi connectivity index (χ3n) is 7.21. The maximum absolute atomic E-state index is 13.9. The third-order valence-corrected chi connectivity index (χ3v) is 7.21. The molecule has 2 aliphatic heterocycles. The first-order valence-electron chi connectivity index (χ1n) is 11.8. The summed E-state index contributed by atoms with van der Waals surface area (Å²) in [6.07, 6.45) is 9.25. The molecule has 2 aromatic rings. The Morgan fingerprint density at radius 1 is 1.15 bits per heavy atom. The molecule has 0 unspecified atom stereocenters. The van der Waals surface area contributed by atoms with Crippen molar-refractivity contribution in [3.05, 3.63) is 77.4 Å². The number of nitrogens with zero attached hydrogens (tertiary/aromatic N) is 3. The van der Waals surface area contributed by atoms with Gasteiger partial charge < -0.3 is 10.2 Å². The molecule has 34 heavy (non-hydrogen) atoms. The van der Waals surface area contributed by atoms with Crippen LogP contribution in [0.1, 0.15) is 43.2 Å². The predicted octanol–water partition coefficient (Wildman–Crippen LogP) is 3.52. The number of nitrogens with one attached hydrogen (secondary N) is 1. The molecular weight excluding hydrogens is 435 g/mol. The molecular formula is C26H27FN4O3. The Kier molecular flexibility index (Phi) is 5.89. The fraction of sp³-hybridized carbons (Fsp3) is 0.385. The number of benzene rings is 1. The number of aromatic nitrogens is 1. The number of hydrogen-bond acceptors (Lipinski definition) is 4. The summed E-state index contributed by atoms with van der Waals surface area (Å²) in [7, 11) is 0. The second-order valence-electron chi connectivity index (χ2n) is 9.19. The average Bonchev–Trinajstić information content (AvgIpc) is 3.49. The third kappa shape index (κ3) is 3.87. The number of halogens is 1. The molecule has 1 aliphatic carbocycles. The summed E-state index contributed by atoms with van der Waals surface area (Å²) in [6.45, 7) is 1.12. The maximum atomic E-state index is 13.9. The number of piperidine rings is 1. The van der Waals surface area contributed by atoms with Crippen LogP contribution < -0.4 is 5.32 Å². The first kappa shape index (κ1) is 22.3. The quantitative estimate of drug-likeness (QED) is 0.690. The molecule has 7 nitrogen and oxygen atoms in total. The van der Waals surface area contributed by atoms with Crippen LogP contribution in [0.3, 0.4) is 0 Å². The van der Waals surface area contributed by atoms with Crippen molar-refractivity contribution in [1.29, 1.82) is 0 Å². The first-order chi connectivity index (χ1) is 16.5. The van der Waals surface area contributed by atoms with E-state index < -0.39 is 11.6 Å². The van der Waals surface area contributed by atoms with E-state index in [1.807, 2.05) is 17.0 Å². The van der Waals surface area contributed by atoms with Gasteiger partial charge in [-0.25, -0.2) is 9.18 Å². The van der Waals surface area contributed by atoms with Gasteiger partial charge in [0.05, 0.1) is 6.54 Å². The van der Waals surface area contributed by atoms with Gasteiger partial charge in [-0.1, -0.05) is 24.3 Å². The molecule has 4 amide bonds. The van der Waals surface area contributed by atoms with Gasteiger partial charge in [0, 0.05) is 36.6 Å². The average molecular weight is 463 g/mol. The highest BCUT2D eigenvalue weighted by Gasteiger charge is 2.57. The molecule has 1 atom stereocenters. The minimum absolute atomic E-state index is 0.0540. The number of hydrogen-bond donors (Lipinski definition) is 1. The van der Waals surface area contributed by atoms with Crippen LogP contribution in [0.25, 0.3) is 0 Å². The van der Waals surface area contributed by atoms with E-state index in [1.165, 1.54) is 17.0 Å². The van der Waals surface area contributed by atoms with Crippen LogP contribution in [0.15, 0.2) is 60.4 Å². The molecule has 1 N–H and O–H groups in total. The highest BCUT2D eigenvalue weighted by atomic mass is 19.1.